The minimum Gasteiger partial charge on any atom is -0.395 e. The van der Waals surface area contributed by atoms with Crippen molar-refractivity contribution in [2.24, 2.45) is 11.8 Å². The lowest BCUT2D eigenvalue weighted by Gasteiger charge is -2.41. The number of piperazine rings is 1. The Morgan fingerprint density at radius 2 is 1.66 bits per heavy atom. The van der Waals surface area contributed by atoms with Gasteiger partial charge in [-0.15, -0.1) is 0 Å². The van der Waals surface area contributed by atoms with Gasteiger partial charge in [-0.2, -0.15) is 8.78 Å². The van der Waals surface area contributed by atoms with Crippen molar-refractivity contribution in [3.05, 3.63) is 29.6 Å². The molecule has 1 saturated carbocycles. The van der Waals surface area contributed by atoms with Crippen molar-refractivity contribution in [2.45, 2.75) is 88.6 Å². The summed E-state index contributed by atoms with van der Waals surface area (Å²) in [6, 6.07) is 3.47. The Morgan fingerprint density at radius 1 is 1.00 bits per heavy atom. The lowest BCUT2D eigenvalue weighted by Crippen LogP contribution is -2.64. The average molecular weight is 709 g/mol. The smallest absolute Gasteiger partial charge is 0.327 e. The van der Waals surface area contributed by atoms with E-state index in [0.29, 0.717) is 70.5 Å². The summed E-state index contributed by atoms with van der Waals surface area (Å²) in [5, 5.41) is 17.4. The largest absolute Gasteiger partial charge is 0.395 e. The van der Waals surface area contributed by atoms with Crippen LogP contribution in [0.2, 0.25) is 0 Å². The highest BCUT2D eigenvalue weighted by molar-refractivity contribution is 5.89. The van der Waals surface area contributed by atoms with Gasteiger partial charge in [-0.1, -0.05) is 39.2 Å². The topological polar surface area (TPSA) is 134 Å². The van der Waals surface area contributed by atoms with E-state index in [4.69, 9.17) is 0 Å². The number of amides is 3. The summed E-state index contributed by atoms with van der Waals surface area (Å²) < 4.78 is 47.0. The van der Waals surface area contributed by atoms with E-state index in [9.17, 15) is 24.3 Å². The van der Waals surface area contributed by atoms with Crippen molar-refractivity contribution < 1.29 is 37.5 Å². The molecule has 0 unspecified atom stereocenters. The molecule has 1 aromatic rings. The van der Waals surface area contributed by atoms with Gasteiger partial charge in [0.1, 0.15) is 23.7 Å². The zero-order valence-corrected chi connectivity index (χ0v) is 29.7. The molecule has 2 saturated heterocycles. The molecule has 0 bridgehead atoms. The molecule has 4 N–H and O–H groups in total. The quantitative estimate of drug-likeness (QED) is 0.205. The zero-order chi connectivity index (χ0) is 36.5. The Bertz CT molecular complexity index is 1310. The molecule has 14 heteroatoms. The SMILES string of the molecule is CCC(=O)N[C@@H](C(=O)N1CCN(C)CC1)[C@@H](C)c1ccc(NC[C@](C=O)(NC(=O)C(F)(F)C2CCN(CCO)CC2)C2CCCCC2)c(F)c1. The number of halogens is 3. The standard InChI is InChI=1S/C36H55F3N6O5/c1-4-31(48)41-32(33(49)45-18-16-43(3)17-19-45)25(2)26-10-11-30(29(37)22-26)40-23-35(24-47,27-8-6-5-7-9-27)42-34(50)36(38,39)28-12-14-44(15-13-28)20-21-46/h10-11,22,24-25,27-28,32,40,46H,4-9,12-21,23H2,1-3H3,(H,41,48)(H,42,50)/t25-,32+,35+/m0/s1. The van der Waals surface area contributed by atoms with E-state index in [1.54, 1.807) is 24.8 Å². The summed E-state index contributed by atoms with van der Waals surface area (Å²) >= 11 is 0. The van der Waals surface area contributed by atoms with E-state index in [2.05, 4.69) is 20.9 Å². The van der Waals surface area contributed by atoms with Crippen LogP contribution in [0.1, 0.15) is 76.7 Å². The fourth-order valence-electron chi connectivity index (χ4n) is 7.51. The number of carbonyl (C=O) groups is 4. The van der Waals surface area contributed by atoms with Crippen LogP contribution in [0, 0.1) is 17.7 Å². The fourth-order valence-corrected chi connectivity index (χ4v) is 7.51. The van der Waals surface area contributed by atoms with E-state index in [-0.39, 0.29) is 49.9 Å². The van der Waals surface area contributed by atoms with Crippen LogP contribution < -0.4 is 16.0 Å². The molecule has 4 rings (SSSR count). The van der Waals surface area contributed by atoms with E-state index < -0.39 is 47.0 Å². The van der Waals surface area contributed by atoms with E-state index in [1.165, 1.54) is 12.1 Å². The van der Waals surface area contributed by atoms with Crippen LogP contribution in [0.15, 0.2) is 18.2 Å². The molecule has 3 atom stereocenters. The predicted octanol–water partition coefficient (Wildman–Crippen LogP) is 2.98. The van der Waals surface area contributed by atoms with Crippen molar-refractivity contribution in [2.75, 3.05) is 71.3 Å². The molecule has 0 spiro atoms. The number of anilines is 1. The van der Waals surface area contributed by atoms with Gasteiger partial charge in [-0.25, -0.2) is 4.39 Å². The molecule has 3 fully saturated rings. The number of hydrogen-bond donors (Lipinski definition) is 4. The molecule has 3 amide bonds. The second kappa shape index (κ2) is 17.8. The third-order valence-electron chi connectivity index (χ3n) is 11.0. The van der Waals surface area contributed by atoms with Crippen molar-refractivity contribution in [3.63, 3.8) is 0 Å². The molecule has 0 radical (unpaired) electrons. The number of nitrogens with one attached hydrogen (secondary N) is 3. The lowest BCUT2D eigenvalue weighted by molar-refractivity contribution is -0.160. The highest BCUT2D eigenvalue weighted by Crippen LogP contribution is 2.37. The predicted molar refractivity (Wildman–Crippen MR) is 184 cm³/mol. The number of piperidine rings is 1. The second-order valence-electron chi connectivity index (χ2n) is 14.3. The molecule has 3 aliphatic rings. The maximum atomic E-state index is 15.7. The molecule has 11 nitrogen and oxygen atoms in total. The Balaban J connectivity index is 1.51. The molecule has 2 aliphatic heterocycles. The molecule has 50 heavy (non-hydrogen) atoms. The number of likely N-dealkylation sites (tertiary alicyclic amines) is 1. The summed E-state index contributed by atoms with van der Waals surface area (Å²) in [7, 11) is 1.97. The summed E-state index contributed by atoms with van der Waals surface area (Å²) in [5.41, 5.74) is -1.20. The molecular weight excluding hydrogens is 653 g/mol. The molecule has 2 heterocycles. The number of alkyl halides is 2. The first-order valence-corrected chi connectivity index (χ1v) is 18.1. The number of benzene rings is 1. The van der Waals surface area contributed by atoms with E-state index >= 15 is 13.2 Å². The summed E-state index contributed by atoms with van der Waals surface area (Å²) in [4.78, 5) is 57.8. The highest BCUT2D eigenvalue weighted by Gasteiger charge is 2.52. The normalized spacial score (nSPS) is 21.1. The number of likely N-dealkylation sites (N-methyl/N-ethyl adjacent to an activating group) is 1. The zero-order valence-electron chi connectivity index (χ0n) is 29.7. The van der Waals surface area contributed by atoms with Gasteiger partial charge in [0.05, 0.1) is 12.3 Å². The first-order chi connectivity index (χ1) is 23.8. The van der Waals surface area contributed by atoms with Crippen LogP contribution in [0.25, 0.3) is 0 Å². The van der Waals surface area contributed by atoms with Crippen LogP contribution in [-0.2, 0) is 19.2 Å². The van der Waals surface area contributed by atoms with Crippen molar-refractivity contribution >= 4 is 29.7 Å². The second-order valence-corrected chi connectivity index (χ2v) is 14.3. The van der Waals surface area contributed by atoms with Gasteiger partial charge in [-0.3, -0.25) is 14.4 Å². The number of hydrogen-bond acceptors (Lipinski definition) is 8. The third-order valence-corrected chi connectivity index (χ3v) is 11.0. The van der Waals surface area contributed by atoms with Gasteiger partial charge in [0.25, 0.3) is 5.91 Å². The van der Waals surface area contributed by atoms with Crippen LogP contribution in [0.4, 0.5) is 18.9 Å². The summed E-state index contributed by atoms with van der Waals surface area (Å²) in [6.07, 6.45) is 4.45. The van der Waals surface area contributed by atoms with Crippen molar-refractivity contribution in [3.8, 4) is 0 Å². The number of carbonyl (C=O) groups excluding carboxylic acids is 4. The monoisotopic (exact) mass is 708 g/mol. The fraction of sp³-hybridized carbons (Fsp3) is 0.722. The van der Waals surface area contributed by atoms with Crippen LogP contribution in [0.3, 0.4) is 0 Å². The van der Waals surface area contributed by atoms with Gasteiger partial charge >= 0.3 is 5.92 Å². The van der Waals surface area contributed by atoms with E-state index in [1.807, 2.05) is 11.9 Å². The maximum Gasteiger partial charge on any atom is 0.327 e. The number of aliphatic hydroxyl groups excluding tert-OH is 1. The first kappa shape index (κ1) is 39.6. The van der Waals surface area contributed by atoms with Crippen LogP contribution in [-0.4, -0.2) is 127 Å². The highest BCUT2D eigenvalue weighted by atomic mass is 19.3. The van der Waals surface area contributed by atoms with Gasteiger partial charge < -0.3 is 40.6 Å². The lowest BCUT2D eigenvalue weighted by atomic mass is 9.74. The average Bonchev–Trinajstić information content (AvgIpc) is 3.13. The van der Waals surface area contributed by atoms with E-state index in [0.717, 1.165) is 19.3 Å². The minimum atomic E-state index is -3.72. The Hall–Kier alpha value is -3.23. The van der Waals surface area contributed by atoms with Gasteiger partial charge in [0.15, 0.2) is 0 Å². The minimum absolute atomic E-state index is 0.0137. The molecule has 280 valence electrons. The third kappa shape index (κ3) is 9.55. The number of aliphatic hydroxyl groups is 1. The summed E-state index contributed by atoms with van der Waals surface area (Å²) in [5.74, 6) is -8.64. The van der Waals surface area contributed by atoms with Gasteiger partial charge in [0.2, 0.25) is 11.8 Å². The van der Waals surface area contributed by atoms with Gasteiger partial charge in [0, 0.05) is 57.5 Å². The summed E-state index contributed by atoms with van der Waals surface area (Å²) in [6.45, 7) is 6.57. The molecule has 1 aliphatic carbocycles. The molecule has 1 aromatic carbocycles. The number of β-amino-alcohol motifs (C(OH)–C–C–N with tert-alkyl or cyclic N) is 1. The van der Waals surface area contributed by atoms with Crippen molar-refractivity contribution in [1.82, 2.24) is 25.3 Å². The number of rotatable bonds is 15. The number of aldehydes is 1. The Kier molecular flexibility index (Phi) is 14.1. The maximum absolute atomic E-state index is 15.7. The van der Waals surface area contributed by atoms with Crippen LogP contribution in [0.5, 0.6) is 0 Å². The van der Waals surface area contributed by atoms with Gasteiger partial charge in [-0.05, 0) is 69.4 Å². The Labute approximate surface area is 293 Å². The Morgan fingerprint density at radius 3 is 2.24 bits per heavy atom. The molecule has 0 aromatic heterocycles. The van der Waals surface area contributed by atoms with Crippen molar-refractivity contribution in [1.29, 1.82) is 0 Å². The van der Waals surface area contributed by atoms with Crippen LogP contribution >= 0.6 is 0 Å². The number of nitrogens with zero attached hydrogens (tertiary/aromatic N) is 3. The first-order valence-electron chi connectivity index (χ1n) is 18.1. The molecular formula is C36H55F3N6O5.